The fourth-order valence-electron chi connectivity index (χ4n) is 1.92. The average molecular weight is 230 g/mol. The van der Waals surface area contributed by atoms with Gasteiger partial charge in [0.2, 0.25) is 0 Å². The molecule has 17 heavy (non-hydrogen) atoms. The highest BCUT2D eigenvalue weighted by Crippen LogP contribution is 2.31. The molecule has 1 atom stereocenters. The molecule has 1 unspecified atom stereocenters. The van der Waals surface area contributed by atoms with Crippen molar-refractivity contribution in [3.05, 3.63) is 24.0 Å². The molecule has 1 aromatic rings. The summed E-state index contributed by atoms with van der Waals surface area (Å²) < 4.78 is 0. The monoisotopic (exact) mass is 230 g/mol. The van der Waals surface area contributed by atoms with Gasteiger partial charge in [0.05, 0.1) is 30.1 Å². The van der Waals surface area contributed by atoms with E-state index in [0.717, 1.165) is 17.9 Å². The first-order valence-corrected chi connectivity index (χ1v) is 6.07. The van der Waals surface area contributed by atoms with Gasteiger partial charge in [-0.1, -0.05) is 0 Å². The molecular weight excluding hydrogens is 212 g/mol. The minimum atomic E-state index is -0.0301. The van der Waals surface area contributed by atoms with Crippen LogP contribution in [-0.4, -0.2) is 17.6 Å². The molecule has 0 saturated heterocycles. The summed E-state index contributed by atoms with van der Waals surface area (Å²) in [6.45, 7) is 2.72. The van der Waals surface area contributed by atoms with E-state index in [1.807, 2.05) is 19.2 Å². The van der Waals surface area contributed by atoms with Crippen molar-refractivity contribution in [2.24, 2.45) is 5.73 Å². The Morgan fingerprint density at radius 1 is 1.59 bits per heavy atom. The summed E-state index contributed by atoms with van der Waals surface area (Å²) >= 11 is 0. The van der Waals surface area contributed by atoms with Crippen LogP contribution in [0.4, 0.5) is 5.69 Å². The molecule has 2 N–H and O–H groups in total. The summed E-state index contributed by atoms with van der Waals surface area (Å²) in [5, 5.41) is 8.67. The Balaban J connectivity index is 2.10. The van der Waals surface area contributed by atoms with Crippen molar-refractivity contribution in [1.82, 2.24) is 4.98 Å². The fraction of sp³-hybridized carbons (Fsp3) is 0.538. The molecule has 0 spiro atoms. The SMILES string of the molecule is CC(N)c1ccc(N(CCC#N)C2CC2)cn1. The first-order chi connectivity index (χ1) is 8.22. The lowest BCUT2D eigenvalue weighted by atomic mass is 10.2. The maximum absolute atomic E-state index is 8.67. The Morgan fingerprint density at radius 2 is 2.35 bits per heavy atom. The van der Waals surface area contributed by atoms with E-state index in [9.17, 15) is 0 Å². The van der Waals surface area contributed by atoms with Crippen molar-refractivity contribution >= 4 is 5.69 Å². The van der Waals surface area contributed by atoms with E-state index in [4.69, 9.17) is 11.0 Å². The minimum Gasteiger partial charge on any atom is -0.366 e. The van der Waals surface area contributed by atoms with Crippen LogP contribution in [0.5, 0.6) is 0 Å². The Bertz CT molecular complexity index is 400. The average Bonchev–Trinajstić information content (AvgIpc) is 3.14. The lowest BCUT2D eigenvalue weighted by Crippen LogP contribution is -2.26. The first kappa shape index (κ1) is 11.9. The van der Waals surface area contributed by atoms with Gasteiger partial charge in [0.15, 0.2) is 0 Å². The molecule has 2 rings (SSSR count). The Kier molecular flexibility index (Phi) is 3.60. The molecule has 0 radical (unpaired) electrons. The second-order valence-corrected chi connectivity index (χ2v) is 4.56. The van der Waals surface area contributed by atoms with Crippen molar-refractivity contribution in [1.29, 1.82) is 5.26 Å². The topological polar surface area (TPSA) is 65.9 Å². The van der Waals surface area contributed by atoms with E-state index in [0.29, 0.717) is 12.5 Å². The lowest BCUT2D eigenvalue weighted by Gasteiger charge is -2.23. The number of nitriles is 1. The summed E-state index contributed by atoms with van der Waals surface area (Å²) in [6, 6.07) is 6.80. The number of hydrogen-bond donors (Lipinski definition) is 1. The maximum atomic E-state index is 8.67. The molecule has 0 amide bonds. The third kappa shape index (κ3) is 2.95. The Morgan fingerprint density at radius 3 is 2.82 bits per heavy atom. The third-order valence-corrected chi connectivity index (χ3v) is 3.02. The molecule has 4 heteroatoms. The number of aromatic nitrogens is 1. The lowest BCUT2D eigenvalue weighted by molar-refractivity contribution is 0.766. The molecule has 1 aliphatic rings. The minimum absolute atomic E-state index is 0.0301. The van der Waals surface area contributed by atoms with Crippen LogP contribution in [0.1, 0.15) is 37.9 Å². The van der Waals surface area contributed by atoms with Crippen molar-refractivity contribution in [3.63, 3.8) is 0 Å². The third-order valence-electron chi connectivity index (χ3n) is 3.02. The van der Waals surface area contributed by atoms with E-state index in [1.165, 1.54) is 12.8 Å². The summed E-state index contributed by atoms with van der Waals surface area (Å²) in [4.78, 5) is 6.65. The number of rotatable bonds is 5. The molecule has 0 aromatic carbocycles. The molecule has 0 bridgehead atoms. The van der Waals surface area contributed by atoms with Crippen LogP contribution < -0.4 is 10.6 Å². The predicted octanol–water partition coefficient (Wildman–Crippen LogP) is 1.98. The molecule has 1 aliphatic carbocycles. The van der Waals surface area contributed by atoms with Gasteiger partial charge in [-0.25, -0.2) is 0 Å². The van der Waals surface area contributed by atoms with Gasteiger partial charge in [0.25, 0.3) is 0 Å². The molecule has 90 valence electrons. The Hall–Kier alpha value is -1.60. The second-order valence-electron chi connectivity index (χ2n) is 4.56. The van der Waals surface area contributed by atoms with Crippen LogP contribution >= 0.6 is 0 Å². The zero-order valence-electron chi connectivity index (χ0n) is 10.1. The maximum Gasteiger partial charge on any atom is 0.0640 e. The van der Waals surface area contributed by atoms with Crippen LogP contribution in [0.3, 0.4) is 0 Å². The largest absolute Gasteiger partial charge is 0.366 e. The van der Waals surface area contributed by atoms with Gasteiger partial charge in [0, 0.05) is 18.6 Å². The van der Waals surface area contributed by atoms with Crippen molar-refractivity contribution in [3.8, 4) is 6.07 Å². The molecule has 0 aliphatic heterocycles. The van der Waals surface area contributed by atoms with Gasteiger partial charge in [-0.2, -0.15) is 5.26 Å². The van der Waals surface area contributed by atoms with Crippen molar-refractivity contribution < 1.29 is 0 Å². The number of hydrogen-bond acceptors (Lipinski definition) is 4. The molecule has 1 heterocycles. The van der Waals surface area contributed by atoms with E-state index < -0.39 is 0 Å². The zero-order chi connectivity index (χ0) is 12.3. The van der Waals surface area contributed by atoms with Gasteiger partial charge >= 0.3 is 0 Å². The van der Waals surface area contributed by atoms with Gasteiger partial charge < -0.3 is 10.6 Å². The van der Waals surface area contributed by atoms with Crippen LogP contribution in [0.2, 0.25) is 0 Å². The van der Waals surface area contributed by atoms with E-state index in [1.54, 1.807) is 0 Å². The van der Waals surface area contributed by atoms with Gasteiger partial charge in [-0.3, -0.25) is 4.98 Å². The molecular formula is C13H18N4. The number of anilines is 1. The Labute approximate surface area is 102 Å². The normalized spacial score (nSPS) is 16.3. The summed E-state index contributed by atoms with van der Waals surface area (Å²) in [5.41, 5.74) is 7.78. The van der Waals surface area contributed by atoms with Crippen LogP contribution in [-0.2, 0) is 0 Å². The number of nitrogens with zero attached hydrogens (tertiary/aromatic N) is 3. The fourth-order valence-corrected chi connectivity index (χ4v) is 1.92. The predicted molar refractivity (Wildman–Crippen MR) is 67.4 cm³/mol. The van der Waals surface area contributed by atoms with Crippen LogP contribution in [0.15, 0.2) is 18.3 Å². The molecule has 1 fully saturated rings. The smallest absolute Gasteiger partial charge is 0.0640 e. The van der Waals surface area contributed by atoms with Crippen molar-refractivity contribution in [2.45, 2.75) is 38.3 Å². The number of pyridine rings is 1. The number of nitrogens with two attached hydrogens (primary N) is 1. The summed E-state index contributed by atoms with van der Waals surface area (Å²) in [7, 11) is 0. The summed E-state index contributed by atoms with van der Waals surface area (Å²) in [6.07, 6.45) is 4.88. The first-order valence-electron chi connectivity index (χ1n) is 6.07. The van der Waals surface area contributed by atoms with Gasteiger partial charge in [-0.05, 0) is 31.9 Å². The van der Waals surface area contributed by atoms with Gasteiger partial charge in [0.1, 0.15) is 0 Å². The van der Waals surface area contributed by atoms with Crippen molar-refractivity contribution in [2.75, 3.05) is 11.4 Å². The van der Waals surface area contributed by atoms with Crippen LogP contribution in [0, 0.1) is 11.3 Å². The highest BCUT2D eigenvalue weighted by Gasteiger charge is 2.29. The quantitative estimate of drug-likeness (QED) is 0.840. The molecule has 1 aromatic heterocycles. The summed E-state index contributed by atoms with van der Waals surface area (Å²) in [5.74, 6) is 0. The van der Waals surface area contributed by atoms with E-state index in [-0.39, 0.29) is 6.04 Å². The second kappa shape index (κ2) is 5.15. The zero-order valence-corrected chi connectivity index (χ0v) is 10.1. The van der Waals surface area contributed by atoms with Crippen LogP contribution in [0.25, 0.3) is 0 Å². The standard InChI is InChI=1S/C13H18N4/c1-10(15)13-6-5-12(9-16-13)17(8-2-7-14)11-3-4-11/h5-6,9-11H,2-4,8,15H2,1H3. The van der Waals surface area contributed by atoms with E-state index in [2.05, 4.69) is 22.0 Å². The highest BCUT2D eigenvalue weighted by atomic mass is 15.2. The molecule has 4 nitrogen and oxygen atoms in total. The van der Waals surface area contributed by atoms with Gasteiger partial charge in [-0.15, -0.1) is 0 Å². The highest BCUT2D eigenvalue weighted by molar-refractivity contribution is 5.47. The molecule has 1 saturated carbocycles. The van der Waals surface area contributed by atoms with E-state index >= 15 is 0 Å².